The molecule has 0 amide bonds. The minimum Gasteiger partial charge on any atom is -0.494 e. The molecule has 3 nitrogen and oxygen atoms in total. The highest BCUT2D eigenvalue weighted by molar-refractivity contribution is 5.31. The van der Waals surface area contributed by atoms with Gasteiger partial charge in [0.15, 0.2) is 11.6 Å². The lowest BCUT2D eigenvalue weighted by Gasteiger charge is -2.25. The van der Waals surface area contributed by atoms with E-state index in [2.05, 4.69) is 11.8 Å². The molecule has 1 aliphatic rings. The zero-order valence-corrected chi connectivity index (χ0v) is 11.0. The van der Waals surface area contributed by atoms with Crippen LogP contribution in [0.5, 0.6) is 5.75 Å². The maximum atomic E-state index is 13.6. The van der Waals surface area contributed by atoms with Gasteiger partial charge in [-0.05, 0) is 44.0 Å². The second-order valence-electron chi connectivity index (χ2n) is 4.99. The van der Waals surface area contributed by atoms with Gasteiger partial charge in [0.1, 0.15) is 0 Å². The fourth-order valence-corrected chi connectivity index (χ4v) is 2.54. The molecule has 0 saturated carbocycles. The first kappa shape index (κ1) is 13.3. The average Bonchev–Trinajstić information content (AvgIpc) is 2.75. The van der Waals surface area contributed by atoms with Crippen LogP contribution in [-0.2, 0) is 0 Å². The van der Waals surface area contributed by atoms with Crippen LogP contribution in [0.15, 0.2) is 18.2 Å². The number of hydrogen-bond donors (Lipinski definition) is 1. The zero-order valence-electron chi connectivity index (χ0n) is 11.0. The number of nitrogens with zero attached hydrogens (tertiary/aromatic N) is 1. The molecule has 1 aromatic carbocycles. The topological polar surface area (TPSA) is 38.5 Å². The normalized spacial score (nSPS) is 22.1. The maximum Gasteiger partial charge on any atom is 0.165 e. The van der Waals surface area contributed by atoms with E-state index in [-0.39, 0.29) is 17.6 Å². The number of benzene rings is 1. The summed E-state index contributed by atoms with van der Waals surface area (Å²) >= 11 is 0. The van der Waals surface area contributed by atoms with E-state index in [0.29, 0.717) is 6.04 Å². The molecule has 0 aromatic heterocycles. The summed E-state index contributed by atoms with van der Waals surface area (Å²) in [4.78, 5) is 2.37. The lowest BCUT2D eigenvalue weighted by atomic mass is 10.1. The minimum absolute atomic E-state index is 0.147. The molecule has 0 aliphatic carbocycles. The number of hydrogen-bond acceptors (Lipinski definition) is 3. The molecule has 100 valence electrons. The molecule has 0 spiro atoms. The average molecular weight is 252 g/mol. The van der Waals surface area contributed by atoms with Crippen molar-refractivity contribution in [3.63, 3.8) is 0 Å². The first-order valence-corrected chi connectivity index (χ1v) is 6.45. The fourth-order valence-electron chi connectivity index (χ4n) is 2.54. The summed E-state index contributed by atoms with van der Waals surface area (Å²) in [5, 5.41) is 0. The SMILES string of the molecule is COc1ccc(C(N)CN2CCCC2C)cc1F. The van der Waals surface area contributed by atoms with E-state index >= 15 is 0 Å². The van der Waals surface area contributed by atoms with Crippen LogP contribution < -0.4 is 10.5 Å². The van der Waals surface area contributed by atoms with Gasteiger partial charge in [-0.3, -0.25) is 4.90 Å². The molecular weight excluding hydrogens is 231 g/mol. The Kier molecular flexibility index (Phi) is 4.19. The van der Waals surface area contributed by atoms with Gasteiger partial charge in [0.05, 0.1) is 7.11 Å². The van der Waals surface area contributed by atoms with Crippen LogP contribution >= 0.6 is 0 Å². The molecule has 18 heavy (non-hydrogen) atoms. The molecule has 2 rings (SSSR count). The van der Waals surface area contributed by atoms with Crippen molar-refractivity contribution >= 4 is 0 Å². The van der Waals surface area contributed by atoms with Crippen molar-refractivity contribution < 1.29 is 9.13 Å². The Labute approximate surface area is 108 Å². The molecule has 0 bridgehead atoms. The van der Waals surface area contributed by atoms with Crippen molar-refractivity contribution in [2.24, 2.45) is 5.73 Å². The van der Waals surface area contributed by atoms with E-state index in [1.54, 1.807) is 6.07 Å². The van der Waals surface area contributed by atoms with Crippen LogP contribution in [0.4, 0.5) is 4.39 Å². The van der Waals surface area contributed by atoms with Gasteiger partial charge >= 0.3 is 0 Å². The standard InChI is InChI=1S/C14H21FN2O/c1-10-4-3-7-17(10)9-13(16)11-5-6-14(18-2)12(15)8-11/h5-6,8,10,13H,3-4,7,9,16H2,1-2H3. The third kappa shape index (κ3) is 2.82. The van der Waals surface area contributed by atoms with Crippen LogP contribution in [0.1, 0.15) is 31.4 Å². The molecule has 4 heteroatoms. The van der Waals surface area contributed by atoms with Gasteiger partial charge in [-0.25, -0.2) is 4.39 Å². The van der Waals surface area contributed by atoms with Gasteiger partial charge in [-0.1, -0.05) is 6.07 Å². The van der Waals surface area contributed by atoms with Crippen LogP contribution in [-0.4, -0.2) is 31.1 Å². The molecule has 1 fully saturated rings. The Hall–Kier alpha value is -1.13. The molecule has 2 N–H and O–H groups in total. The van der Waals surface area contributed by atoms with Gasteiger partial charge in [0.2, 0.25) is 0 Å². The van der Waals surface area contributed by atoms with Crippen molar-refractivity contribution in [2.75, 3.05) is 20.2 Å². The monoisotopic (exact) mass is 252 g/mol. The molecule has 1 heterocycles. The second-order valence-corrected chi connectivity index (χ2v) is 4.99. The van der Waals surface area contributed by atoms with Crippen LogP contribution in [0, 0.1) is 5.82 Å². The van der Waals surface area contributed by atoms with Crippen molar-refractivity contribution in [3.8, 4) is 5.75 Å². The minimum atomic E-state index is -0.347. The van der Waals surface area contributed by atoms with Gasteiger partial charge in [-0.2, -0.15) is 0 Å². The predicted molar refractivity (Wildman–Crippen MR) is 70.1 cm³/mol. The summed E-state index contributed by atoms with van der Waals surface area (Å²) < 4.78 is 18.5. The van der Waals surface area contributed by atoms with E-state index in [1.165, 1.54) is 26.0 Å². The Bertz CT molecular complexity index is 411. The van der Waals surface area contributed by atoms with Crippen LogP contribution in [0.25, 0.3) is 0 Å². The predicted octanol–water partition coefficient (Wildman–Crippen LogP) is 2.32. The Morgan fingerprint density at radius 1 is 1.56 bits per heavy atom. The fraction of sp³-hybridized carbons (Fsp3) is 0.571. The number of ether oxygens (including phenoxy) is 1. The highest BCUT2D eigenvalue weighted by Crippen LogP contribution is 2.24. The molecule has 1 aliphatic heterocycles. The summed E-state index contributed by atoms with van der Waals surface area (Å²) in [6, 6.07) is 5.39. The summed E-state index contributed by atoms with van der Waals surface area (Å²) in [6.07, 6.45) is 2.45. The summed E-state index contributed by atoms with van der Waals surface area (Å²) in [5.74, 6) is -0.0830. The molecular formula is C14H21FN2O. The first-order valence-electron chi connectivity index (χ1n) is 6.45. The third-order valence-electron chi connectivity index (χ3n) is 3.73. The van der Waals surface area contributed by atoms with E-state index in [1.807, 2.05) is 6.07 Å². The van der Waals surface area contributed by atoms with Gasteiger partial charge in [0, 0.05) is 18.6 Å². The molecule has 1 saturated heterocycles. The number of likely N-dealkylation sites (tertiary alicyclic amines) is 1. The Morgan fingerprint density at radius 3 is 2.89 bits per heavy atom. The van der Waals surface area contributed by atoms with Gasteiger partial charge in [-0.15, -0.1) is 0 Å². The van der Waals surface area contributed by atoms with Crippen LogP contribution in [0.2, 0.25) is 0 Å². The smallest absolute Gasteiger partial charge is 0.165 e. The first-order chi connectivity index (χ1) is 8.61. The quantitative estimate of drug-likeness (QED) is 0.893. The zero-order chi connectivity index (χ0) is 13.1. The van der Waals surface area contributed by atoms with E-state index in [4.69, 9.17) is 10.5 Å². The lowest BCUT2D eigenvalue weighted by Crippen LogP contribution is -2.34. The van der Waals surface area contributed by atoms with Crippen LogP contribution in [0.3, 0.4) is 0 Å². The molecule has 0 radical (unpaired) electrons. The van der Waals surface area contributed by atoms with E-state index in [0.717, 1.165) is 18.7 Å². The van der Waals surface area contributed by atoms with E-state index < -0.39 is 0 Å². The van der Waals surface area contributed by atoms with Crippen molar-refractivity contribution in [1.29, 1.82) is 0 Å². The Morgan fingerprint density at radius 2 is 2.33 bits per heavy atom. The number of halogens is 1. The van der Waals surface area contributed by atoms with Gasteiger partial charge < -0.3 is 10.5 Å². The lowest BCUT2D eigenvalue weighted by molar-refractivity contribution is 0.252. The summed E-state index contributed by atoms with van der Waals surface area (Å²) in [5.41, 5.74) is 6.97. The highest BCUT2D eigenvalue weighted by Gasteiger charge is 2.22. The van der Waals surface area contributed by atoms with Crippen molar-refractivity contribution in [2.45, 2.75) is 31.8 Å². The van der Waals surface area contributed by atoms with Gasteiger partial charge in [0.25, 0.3) is 0 Å². The third-order valence-corrected chi connectivity index (χ3v) is 3.73. The Balaban J connectivity index is 2.04. The molecule has 2 unspecified atom stereocenters. The van der Waals surface area contributed by atoms with E-state index in [9.17, 15) is 4.39 Å². The van der Waals surface area contributed by atoms with Crippen molar-refractivity contribution in [1.82, 2.24) is 4.90 Å². The highest BCUT2D eigenvalue weighted by atomic mass is 19.1. The second kappa shape index (κ2) is 5.67. The number of rotatable bonds is 4. The number of nitrogens with two attached hydrogens (primary N) is 1. The van der Waals surface area contributed by atoms with Crippen molar-refractivity contribution in [3.05, 3.63) is 29.6 Å². The largest absolute Gasteiger partial charge is 0.494 e. The summed E-state index contributed by atoms with van der Waals surface area (Å²) in [7, 11) is 1.46. The molecule has 1 aromatic rings. The maximum absolute atomic E-state index is 13.6. The molecule has 2 atom stereocenters. The number of methoxy groups -OCH3 is 1. The summed E-state index contributed by atoms with van der Waals surface area (Å²) in [6.45, 7) is 4.09.